The number of carbonyl (C=O) groups excluding carboxylic acids is 1. The van der Waals surface area contributed by atoms with Gasteiger partial charge in [-0.3, -0.25) is 10.2 Å². The summed E-state index contributed by atoms with van der Waals surface area (Å²) < 4.78 is 5.81. The molecule has 124 valence electrons. The zero-order valence-electron chi connectivity index (χ0n) is 13.2. The molecule has 3 rings (SSSR count). The van der Waals surface area contributed by atoms with E-state index in [1.807, 2.05) is 42.5 Å². The number of aromatic amines is 1. The van der Waals surface area contributed by atoms with Crippen molar-refractivity contribution in [2.45, 2.75) is 6.42 Å². The van der Waals surface area contributed by atoms with Crippen molar-refractivity contribution in [3.63, 3.8) is 0 Å². The van der Waals surface area contributed by atoms with Gasteiger partial charge in [0, 0.05) is 10.9 Å². The molecule has 1 heterocycles. The molecule has 6 heteroatoms. The Hall–Kier alpha value is -2.83. The number of rotatable bonds is 6. The van der Waals surface area contributed by atoms with Crippen LogP contribution in [0.3, 0.4) is 0 Å². The number of ether oxygens (including phenoxy) is 1. The molecule has 6 N–H and O–H groups in total. The minimum atomic E-state index is -0.377. The molecule has 0 fully saturated rings. The number of nitrogens with two attached hydrogens (primary N) is 2. The van der Waals surface area contributed by atoms with E-state index >= 15 is 0 Å². The fourth-order valence-corrected chi connectivity index (χ4v) is 2.64. The van der Waals surface area contributed by atoms with Gasteiger partial charge in [0.05, 0.1) is 12.1 Å². The van der Waals surface area contributed by atoms with Gasteiger partial charge in [-0.25, -0.2) is 5.84 Å². The van der Waals surface area contributed by atoms with Gasteiger partial charge in [-0.1, -0.05) is 30.3 Å². The number of benzene rings is 2. The van der Waals surface area contributed by atoms with Crippen molar-refractivity contribution in [2.75, 3.05) is 13.2 Å². The lowest BCUT2D eigenvalue weighted by Crippen LogP contribution is -2.30. The van der Waals surface area contributed by atoms with Crippen molar-refractivity contribution in [3.8, 4) is 16.9 Å². The first kappa shape index (κ1) is 16.0. The van der Waals surface area contributed by atoms with E-state index in [9.17, 15) is 4.79 Å². The van der Waals surface area contributed by atoms with Crippen LogP contribution >= 0.6 is 0 Å². The predicted molar refractivity (Wildman–Crippen MR) is 94.6 cm³/mol. The van der Waals surface area contributed by atoms with Gasteiger partial charge in [-0.15, -0.1) is 0 Å². The molecule has 6 nitrogen and oxygen atoms in total. The highest BCUT2D eigenvalue weighted by Gasteiger charge is 2.15. The van der Waals surface area contributed by atoms with E-state index in [0.717, 1.165) is 28.5 Å². The first-order chi connectivity index (χ1) is 11.7. The first-order valence-corrected chi connectivity index (χ1v) is 7.79. The number of hydrogen-bond donors (Lipinski definition) is 4. The molecule has 0 unspecified atom stereocenters. The summed E-state index contributed by atoms with van der Waals surface area (Å²) in [5.74, 6) is 5.58. The summed E-state index contributed by atoms with van der Waals surface area (Å²) in [4.78, 5) is 15.0. The molecule has 0 radical (unpaired) electrons. The van der Waals surface area contributed by atoms with Gasteiger partial charge in [-0.2, -0.15) is 0 Å². The minimum Gasteiger partial charge on any atom is -0.493 e. The number of fused-ring (bicyclic) bond motifs is 1. The standard InChI is InChI=1S/C18H20N4O2/c19-9-4-10-24-16-8-7-13(12-5-2-1-3-6-12)17-14(16)11-15(21-17)18(23)22-20/h1-3,5-8,11,21H,4,9-10,19-20H2,(H,22,23). The highest BCUT2D eigenvalue weighted by Crippen LogP contribution is 2.34. The van der Waals surface area contributed by atoms with Gasteiger partial charge in [-0.05, 0) is 36.7 Å². The maximum atomic E-state index is 11.9. The lowest BCUT2D eigenvalue weighted by atomic mass is 10.0. The molecule has 0 aliphatic carbocycles. The highest BCUT2D eigenvalue weighted by molar-refractivity contribution is 6.04. The summed E-state index contributed by atoms with van der Waals surface area (Å²) in [5.41, 5.74) is 10.9. The molecule has 0 aliphatic heterocycles. The number of hydrogen-bond acceptors (Lipinski definition) is 4. The molecular weight excluding hydrogens is 304 g/mol. The molecule has 0 spiro atoms. The van der Waals surface area contributed by atoms with Crippen LogP contribution in [0.2, 0.25) is 0 Å². The van der Waals surface area contributed by atoms with Crippen LogP contribution in [-0.4, -0.2) is 24.0 Å². The van der Waals surface area contributed by atoms with Gasteiger partial charge in [0.15, 0.2) is 0 Å². The summed E-state index contributed by atoms with van der Waals surface area (Å²) in [6, 6.07) is 15.6. The number of aromatic nitrogens is 1. The second-order valence-electron chi connectivity index (χ2n) is 5.41. The Kier molecular flexibility index (Phi) is 4.79. The van der Waals surface area contributed by atoms with Gasteiger partial charge in [0.2, 0.25) is 0 Å². The van der Waals surface area contributed by atoms with Crippen molar-refractivity contribution < 1.29 is 9.53 Å². The first-order valence-electron chi connectivity index (χ1n) is 7.79. The molecule has 24 heavy (non-hydrogen) atoms. The van der Waals surface area contributed by atoms with Crippen molar-refractivity contribution >= 4 is 16.8 Å². The number of nitrogens with one attached hydrogen (secondary N) is 2. The molecule has 0 atom stereocenters. The molecule has 0 saturated heterocycles. The van der Waals surface area contributed by atoms with Crippen LogP contribution in [0.15, 0.2) is 48.5 Å². The topological polar surface area (TPSA) is 106 Å². The number of H-pyrrole nitrogens is 1. The molecule has 1 amide bonds. The van der Waals surface area contributed by atoms with Crippen LogP contribution in [0.25, 0.3) is 22.0 Å². The number of amides is 1. The van der Waals surface area contributed by atoms with Crippen LogP contribution < -0.4 is 21.7 Å². The number of hydrazine groups is 1. The highest BCUT2D eigenvalue weighted by atomic mass is 16.5. The summed E-state index contributed by atoms with van der Waals surface area (Å²) in [6.07, 6.45) is 0.766. The average molecular weight is 324 g/mol. The fraction of sp³-hybridized carbons (Fsp3) is 0.167. The number of carbonyl (C=O) groups is 1. The smallest absolute Gasteiger partial charge is 0.281 e. The lowest BCUT2D eigenvalue weighted by Gasteiger charge is -2.10. The maximum absolute atomic E-state index is 11.9. The Labute approximate surface area is 139 Å². The van der Waals surface area contributed by atoms with E-state index in [4.69, 9.17) is 16.3 Å². The lowest BCUT2D eigenvalue weighted by molar-refractivity contribution is 0.0949. The quantitative estimate of drug-likeness (QED) is 0.241. The molecular formula is C18H20N4O2. The third kappa shape index (κ3) is 3.10. The maximum Gasteiger partial charge on any atom is 0.281 e. The Morgan fingerprint density at radius 3 is 2.67 bits per heavy atom. The molecule has 0 saturated carbocycles. The van der Waals surface area contributed by atoms with E-state index in [-0.39, 0.29) is 5.91 Å². The predicted octanol–water partition coefficient (Wildman–Crippen LogP) is 2.17. The van der Waals surface area contributed by atoms with Crippen molar-refractivity contribution in [1.82, 2.24) is 10.4 Å². The molecule has 1 aromatic heterocycles. The van der Waals surface area contributed by atoms with Crippen LogP contribution in [-0.2, 0) is 0 Å². The third-order valence-electron chi connectivity index (χ3n) is 3.82. The normalized spacial score (nSPS) is 10.8. The van der Waals surface area contributed by atoms with Gasteiger partial charge < -0.3 is 15.5 Å². The Bertz CT molecular complexity index is 843. The van der Waals surface area contributed by atoms with Crippen molar-refractivity contribution in [1.29, 1.82) is 0 Å². The summed E-state index contributed by atoms with van der Waals surface area (Å²) in [7, 11) is 0. The van der Waals surface area contributed by atoms with Crippen LogP contribution in [0.4, 0.5) is 0 Å². The Morgan fingerprint density at radius 1 is 1.17 bits per heavy atom. The number of nitrogen functional groups attached to an aromatic ring is 1. The van der Waals surface area contributed by atoms with Crippen LogP contribution in [0, 0.1) is 0 Å². The van der Waals surface area contributed by atoms with Crippen molar-refractivity contribution in [2.24, 2.45) is 11.6 Å². The summed E-state index contributed by atoms with van der Waals surface area (Å²) >= 11 is 0. The third-order valence-corrected chi connectivity index (χ3v) is 3.82. The monoisotopic (exact) mass is 324 g/mol. The molecule has 0 bridgehead atoms. The summed E-state index contributed by atoms with van der Waals surface area (Å²) in [6.45, 7) is 1.10. The Morgan fingerprint density at radius 2 is 1.96 bits per heavy atom. The van der Waals surface area contributed by atoms with Crippen molar-refractivity contribution in [3.05, 3.63) is 54.2 Å². The summed E-state index contributed by atoms with van der Waals surface area (Å²) in [5, 5.41) is 0.840. The molecule has 2 aromatic carbocycles. The zero-order chi connectivity index (χ0) is 16.9. The minimum absolute atomic E-state index is 0.377. The Balaban J connectivity index is 2.11. The average Bonchev–Trinajstić information content (AvgIpc) is 3.07. The second-order valence-corrected chi connectivity index (χ2v) is 5.41. The van der Waals surface area contributed by atoms with E-state index in [1.165, 1.54) is 0 Å². The second kappa shape index (κ2) is 7.16. The van der Waals surface area contributed by atoms with Gasteiger partial charge in [0.25, 0.3) is 5.91 Å². The van der Waals surface area contributed by atoms with E-state index in [2.05, 4.69) is 10.4 Å². The van der Waals surface area contributed by atoms with Crippen LogP contribution in [0.1, 0.15) is 16.9 Å². The van der Waals surface area contributed by atoms with E-state index in [1.54, 1.807) is 6.07 Å². The van der Waals surface area contributed by atoms with Gasteiger partial charge >= 0.3 is 0 Å². The van der Waals surface area contributed by atoms with Gasteiger partial charge in [0.1, 0.15) is 11.4 Å². The largest absolute Gasteiger partial charge is 0.493 e. The molecule has 3 aromatic rings. The van der Waals surface area contributed by atoms with E-state index in [0.29, 0.717) is 24.6 Å². The van der Waals surface area contributed by atoms with E-state index < -0.39 is 0 Å². The van der Waals surface area contributed by atoms with Crippen LogP contribution in [0.5, 0.6) is 5.75 Å². The SMILES string of the molecule is NCCCOc1ccc(-c2ccccc2)c2[nH]c(C(=O)NN)cc12. The fourth-order valence-electron chi connectivity index (χ4n) is 2.64. The zero-order valence-corrected chi connectivity index (χ0v) is 13.2. The molecule has 0 aliphatic rings.